The van der Waals surface area contributed by atoms with Crippen LogP contribution in [0.2, 0.25) is 0 Å². The molecule has 0 radical (unpaired) electrons. The SMILES string of the molecule is Fc1ccc(-c2c(C#Cc3ccccc3)c(-c3ccccc3)nc3ccccc23)cc1. The monoisotopic (exact) mass is 399 g/mol. The average molecular weight is 399 g/mol. The molecular weight excluding hydrogens is 381 g/mol. The van der Waals surface area contributed by atoms with E-state index in [1.54, 1.807) is 12.1 Å². The van der Waals surface area contributed by atoms with Gasteiger partial charge in [0.25, 0.3) is 0 Å². The van der Waals surface area contributed by atoms with Crippen LogP contribution in [0.5, 0.6) is 0 Å². The zero-order valence-corrected chi connectivity index (χ0v) is 16.7. The van der Waals surface area contributed by atoms with Crippen LogP contribution in [0.3, 0.4) is 0 Å². The van der Waals surface area contributed by atoms with Gasteiger partial charge in [0.15, 0.2) is 0 Å². The number of aromatic nitrogens is 1. The van der Waals surface area contributed by atoms with Crippen LogP contribution in [0, 0.1) is 17.7 Å². The van der Waals surface area contributed by atoms with Crippen LogP contribution in [-0.2, 0) is 0 Å². The van der Waals surface area contributed by atoms with E-state index >= 15 is 0 Å². The van der Waals surface area contributed by atoms with Crippen molar-refractivity contribution in [2.24, 2.45) is 0 Å². The molecule has 31 heavy (non-hydrogen) atoms. The van der Waals surface area contributed by atoms with E-state index in [0.717, 1.165) is 44.4 Å². The van der Waals surface area contributed by atoms with E-state index in [4.69, 9.17) is 4.98 Å². The molecule has 0 saturated heterocycles. The molecule has 5 aromatic rings. The van der Waals surface area contributed by atoms with Gasteiger partial charge in [-0.05, 0) is 35.9 Å². The molecule has 0 aliphatic heterocycles. The van der Waals surface area contributed by atoms with E-state index < -0.39 is 0 Å². The van der Waals surface area contributed by atoms with Gasteiger partial charge in [0.2, 0.25) is 0 Å². The Balaban J connectivity index is 1.87. The highest BCUT2D eigenvalue weighted by Crippen LogP contribution is 2.36. The fourth-order valence-corrected chi connectivity index (χ4v) is 3.71. The maximum atomic E-state index is 13.7. The van der Waals surface area contributed by atoms with E-state index in [-0.39, 0.29) is 5.82 Å². The highest BCUT2D eigenvalue weighted by molar-refractivity contribution is 6.00. The summed E-state index contributed by atoms with van der Waals surface area (Å²) >= 11 is 0. The smallest absolute Gasteiger partial charge is 0.123 e. The molecular formula is C29H18FN. The van der Waals surface area contributed by atoms with Gasteiger partial charge in [0.05, 0.1) is 16.8 Å². The fourth-order valence-electron chi connectivity index (χ4n) is 3.71. The zero-order chi connectivity index (χ0) is 21.0. The summed E-state index contributed by atoms with van der Waals surface area (Å²) in [5.41, 5.74) is 6.34. The molecule has 0 fully saturated rings. The lowest BCUT2D eigenvalue weighted by atomic mass is 9.92. The maximum absolute atomic E-state index is 13.7. The van der Waals surface area contributed by atoms with E-state index in [1.807, 2.05) is 84.9 Å². The molecule has 0 aliphatic rings. The number of halogens is 1. The third-order valence-electron chi connectivity index (χ3n) is 5.18. The lowest BCUT2D eigenvalue weighted by Gasteiger charge is -2.14. The van der Waals surface area contributed by atoms with E-state index in [1.165, 1.54) is 12.1 Å². The molecule has 2 heteroatoms. The lowest BCUT2D eigenvalue weighted by Crippen LogP contribution is -1.97. The van der Waals surface area contributed by atoms with Crippen LogP contribution in [0.4, 0.5) is 4.39 Å². The Bertz CT molecular complexity index is 1410. The minimum atomic E-state index is -0.262. The second-order valence-corrected chi connectivity index (χ2v) is 7.22. The number of hydrogen-bond donors (Lipinski definition) is 0. The van der Waals surface area contributed by atoms with Gasteiger partial charge in [-0.3, -0.25) is 0 Å². The van der Waals surface area contributed by atoms with Gasteiger partial charge >= 0.3 is 0 Å². The van der Waals surface area contributed by atoms with Gasteiger partial charge < -0.3 is 0 Å². The van der Waals surface area contributed by atoms with Gasteiger partial charge in [-0.2, -0.15) is 0 Å². The molecule has 0 saturated carbocycles. The number of fused-ring (bicyclic) bond motifs is 1. The molecule has 0 aliphatic carbocycles. The van der Waals surface area contributed by atoms with Crippen LogP contribution < -0.4 is 0 Å². The Morgan fingerprint density at radius 2 is 1.23 bits per heavy atom. The second-order valence-electron chi connectivity index (χ2n) is 7.22. The summed E-state index contributed by atoms with van der Waals surface area (Å²) in [6.45, 7) is 0. The molecule has 0 unspecified atom stereocenters. The van der Waals surface area contributed by atoms with Crippen molar-refractivity contribution in [1.82, 2.24) is 4.98 Å². The minimum absolute atomic E-state index is 0.262. The molecule has 1 nitrogen and oxygen atoms in total. The maximum Gasteiger partial charge on any atom is 0.123 e. The molecule has 146 valence electrons. The number of hydrogen-bond acceptors (Lipinski definition) is 1. The Hall–Kier alpha value is -4.22. The van der Waals surface area contributed by atoms with Crippen molar-refractivity contribution < 1.29 is 4.39 Å². The lowest BCUT2D eigenvalue weighted by molar-refractivity contribution is 0.628. The molecule has 0 spiro atoms. The number of rotatable bonds is 2. The summed E-state index contributed by atoms with van der Waals surface area (Å²) in [6, 6.07) is 34.6. The van der Waals surface area contributed by atoms with Crippen LogP contribution in [-0.4, -0.2) is 4.98 Å². The molecule has 1 heterocycles. The minimum Gasteiger partial charge on any atom is -0.246 e. The average Bonchev–Trinajstić information content (AvgIpc) is 2.84. The largest absolute Gasteiger partial charge is 0.246 e. The molecule has 0 amide bonds. The van der Waals surface area contributed by atoms with Gasteiger partial charge in [-0.25, -0.2) is 9.37 Å². The third-order valence-corrected chi connectivity index (χ3v) is 5.18. The fraction of sp³-hybridized carbons (Fsp3) is 0. The van der Waals surface area contributed by atoms with Crippen LogP contribution in [0.25, 0.3) is 33.3 Å². The first-order chi connectivity index (χ1) is 15.3. The molecule has 1 aromatic heterocycles. The predicted octanol–water partition coefficient (Wildman–Crippen LogP) is 7.11. The molecule has 4 aromatic carbocycles. The summed E-state index contributed by atoms with van der Waals surface area (Å²) in [7, 11) is 0. The summed E-state index contributed by atoms with van der Waals surface area (Å²) in [6.07, 6.45) is 0. The molecule has 5 rings (SSSR count). The Morgan fingerprint density at radius 3 is 1.97 bits per heavy atom. The first-order valence-corrected chi connectivity index (χ1v) is 10.1. The van der Waals surface area contributed by atoms with Gasteiger partial charge in [-0.15, -0.1) is 0 Å². The topological polar surface area (TPSA) is 12.9 Å². The van der Waals surface area contributed by atoms with Crippen molar-refractivity contribution in [3.8, 4) is 34.2 Å². The summed E-state index contributed by atoms with van der Waals surface area (Å²) < 4.78 is 13.7. The highest BCUT2D eigenvalue weighted by Gasteiger charge is 2.16. The predicted molar refractivity (Wildman–Crippen MR) is 125 cm³/mol. The molecule has 0 bridgehead atoms. The quantitative estimate of drug-likeness (QED) is 0.288. The summed E-state index contributed by atoms with van der Waals surface area (Å²) in [5, 5.41) is 0.992. The van der Waals surface area contributed by atoms with Gasteiger partial charge in [0, 0.05) is 22.1 Å². The summed E-state index contributed by atoms with van der Waals surface area (Å²) in [5.74, 6) is 6.43. The van der Waals surface area contributed by atoms with Crippen LogP contribution >= 0.6 is 0 Å². The Morgan fingerprint density at radius 1 is 0.581 bits per heavy atom. The van der Waals surface area contributed by atoms with Crippen molar-refractivity contribution in [2.45, 2.75) is 0 Å². The van der Waals surface area contributed by atoms with Crippen molar-refractivity contribution >= 4 is 10.9 Å². The molecule has 0 N–H and O–H groups in total. The van der Waals surface area contributed by atoms with E-state index in [0.29, 0.717) is 0 Å². The van der Waals surface area contributed by atoms with Crippen molar-refractivity contribution in [2.75, 3.05) is 0 Å². The third kappa shape index (κ3) is 3.82. The van der Waals surface area contributed by atoms with Crippen molar-refractivity contribution in [3.05, 3.63) is 126 Å². The first-order valence-electron chi connectivity index (χ1n) is 10.1. The number of para-hydroxylation sites is 1. The Labute approximate surface area is 180 Å². The number of nitrogens with zero attached hydrogens (tertiary/aromatic N) is 1. The van der Waals surface area contributed by atoms with Crippen molar-refractivity contribution in [3.63, 3.8) is 0 Å². The van der Waals surface area contributed by atoms with E-state index in [2.05, 4.69) is 11.8 Å². The standard InChI is InChI=1S/C29H18FN/c30-24-18-16-22(17-19-24)28-25-13-7-8-14-27(25)31-29(23-11-5-2-6-12-23)26(28)20-15-21-9-3-1-4-10-21/h1-14,16-19H. The number of benzene rings is 4. The van der Waals surface area contributed by atoms with Crippen LogP contribution in [0.15, 0.2) is 109 Å². The molecule has 0 atom stereocenters. The normalized spacial score (nSPS) is 10.5. The summed E-state index contributed by atoms with van der Waals surface area (Å²) in [4.78, 5) is 4.98. The van der Waals surface area contributed by atoms with Crippen LogP contribution in [0.1, 0.15) is 11.1 Å². The first kappa shape index (κ1) is 18.8. The second kappa shape index (κ2) is 8.26. The Kier molecular flexibility index (Phi) is 5.01. The van der Waals surface area contributed by atoms with Crippen molar-refractivity contribution in [1.29, 1.82) is 0 Å². The zero-order valence-electron chi connectivity index (χ0n) is 16.7. The van der Waals surface area contributed by atoms with Gasteiger partial charge in [0.1, 0.15) is 5.82 Å². The van der Waals surface area contributed by atoms with E-state index in [9.17, 15) is 4.39 Å². The number of pyridine rings is 1. The highest BCUT2D eigenvalue weighted by atomic mass is 19.1. The van der Waals surface area contributed by atoms with Gasteiger partial charge in [-0.1, -0.05) is 90.7 Å².